The zero-order chi connectivity index (χ0) is 26.4. The Morgan fingerprint density at radius 2 is 1.95 bits per heavy atom. The number of fused-ring (bicyclic) bond motifs is 1. The Kier molecular flexibility index (Phi) is 8.62. The first kappa shape index (κ1) is 26.4. The van der Waals surface area contributed by atoms with E-state index in [4.69, 9.17) is 10.5 Å². The highest BCUT2D eigenvalue weighted by atomic mass is 16.5. The molecule has 0 aromatic heterocycles. The van der Waals surface area contributed by atoms with Crippen molar-refractivity contribution in [3.63, 3.8) is 0 Å². The van der Waals surface area contributed by atoms with Crippen molar-refractivity contribution >= 4 is 29.1 Å². The number of imide groups is 1. The summed E-state index contributed by atoms with van der Waals surface area (Å²) in [6.07, 6.45) is 2.60. The Labute approximate surface area is 216 Å². The maximum atomic E-state index is 12.3. The minimum absolute atomic E-state index is 0.0534. The van der Waals surface area contributed by atoms with Crippen LogP contribution in [0.1, 0.15) is 47.9 Å². The Bertz CT molecular complexity index is 1190. The molecular formula is C27H34N6O4. The molecule has 1 atom stereocenters. The van der Waals surface area contributed by atoms with Gasteiger partial charge in [-0.25, -0.2) is 0 Å². The molecule has 0 spiro atoms. The van der Waals surface area contributed by atoms with Crippen molar-refractivity contribution in [2.75, 3.05) is 19.7 Å². The largest absolute Gasteiger partial charge is 0.484 e. The monoisotopic (exact) mass is 506 g/mol. The van der Waals surface area contributed by atoms with Crippen LogP contribution in [0.15, 0.2) is 40.6 Å². The fraction of sp³-hybridized carbons (Fsp3) is 0.444. The molecule has 3 amide bonds. The lowest BCUT2D eigenvalue weighted by molar-refractivity contribution is -0.137. The number of nitrogens with zero attached hydrogens (tertiary/aromatic N) is 3. The highest BCUT2D eigenvalue weighted by Crippen LogP contribution is 2.36. The van der Waals surface area contributed by atoms with Gasteiger partial charge in [-0.1, -0.05) is 12.1 Å². The second-order valence-electron chi connectivity index (χ2n) is 9.53. The van der Waals surface area contributed by atoms with E-state index >= 15 is 0 Å². The molecule has 1 saturated heterocycles. The van der Waals surface area contributed by atoms with Crippen molar-refractivity contribution in [2.45, 2.75) is 58.7 Å². The van der Waals surface area contributed by atoms with Crippen molar-refractivity contribution in [2.24, 2.45) is 16.0 Å². The van der Waals surface area contributed by atoms with Gasteiger partial charge in [-0.15, -0.1) is 5.11 Å². The van der Waals surface area contributed by atoms with E-state index in [0.717, 1.165) is 46.5 Å². The number of piperidine rings is 1. The lowest BCUT2D eigenvalue weighted by Gasteiger charge is -2.29. The minimum atomic E-state index is -0.319. The third-order valence-corrected chi connectivity index (χ3v) is 6.68. The third kappa shape index (κ3) is 6.58. The number of hydrogen-bond donors (Lipinski definition) is 3. The van der Waals surface area contributed by atoms with Gasteiger partial charge in [-0.05, 0) is 80.1 Å². The van der Waals surface area contributed by atoms with E-state index in [9.17, 15) is 14.4 Å². The van der Waals surface area contributed by atoms with E-state index < -0.39 is 0 Å². The minimum Gasteiger partial charge on any atom is -0.484 e. The molecule has 2 aliphatic rings. The van der Waals surface area contributed by atoms with E-state index in [-0.39, 0.29) is 30.4 Å². The standard InChI is InChI=1S/C27H34N6O4/c1-17-12-20(37-16-25(35)29-11-4-3-10-28)13-18(2)26(17)32-31-22-7-5-6-19-14-33(15-21(19)22)23-8-9-24(34)30-27(23)36/h5-7,12-13,23H,3-4,8-11,14-16,28H2,1-2H3,(H,29,35)(H,30,34,36)/b32-31+. The zero-order valence-electron chi connectivity index (χ0n) is 21.4. The van der Waals surface area contributed by atoms with Crippen LogP contribution in [0.4, 0.5) is 11.4 Å². The van der Waals surface area contributed by atoms with Gasteiger partial charge in [-0.2, -0.15) is 5.11 Å². The summed E-state index contributed by atoms with van der Waals surface area (Å²) in [7, 11) is 0. The molecule has 0 saturated carbocycles. The Balaban J connectivity index is 1.40. The lowest BCUT2D eigenvalue weighted by Crippen LogP contribution is -2.50. The van der Waals surface area contributed by atoms with Crippen molar-refractivity contribution < 1.29 is 19.1 Å². The van der Waals surface area contributed by atoms with Gasteiger partial charge in [-0.3, -0.25) is 24.6 Å². The normalized spacial score (nSPS) is 17.6. The number of azo groups is 1. The number of hydrogen-bond acceptors (Lipinski definition) is 8. The molecule has 0 bridgehead atoms. The summed E-state index contributed by atoms with van der Waals surface area (Å²) in [4.78, 5) is 37.9. The molecular weight excluding hydrogens is 472 g/mol. The molecule has 1 unspecified atom stereocenters. The van der Waals surface area contributed by atoms with E-state index in [2.05, 4.69) is 25.8 Å². The number of rotatable bonds is 10. The Morgan fingerprint density at radius 3 is 2.68 bits per heavy atom. The predicted octanol–water partition coefficient (Wildman–Crippen LogP) is 3.07. The van der Waals surface area contributed by atoms with Gasteiger partial charge in [0.1, 0.15) is 5.75 Å². The molecule has 10 heteroatoms. The van der Waals surface area contributed by atoms with Crippen molar-refractivity contribution in [3.8, 4) is 5.75 Å². The molecule has 10 nitrogen and oxygen atoms in total. The first-order chi connectivity index (χ1) is 17.9. The van der Waals surface area contributed by atoms with Crippen LogP contribution in [0.2, 0.25) is 0 Å². The Hall–Kier alpha value is -3.63. The smallest absolute Gasteiger partial charge is 0.257 e. The summed E-state index contributed by atoms with van der Waals surface area (Å²) in [5.74, 6) is -0.00649. The molecule has 0 radical (unpaired) electrons. The summed E-state index contributed by atoms with van der Waals surface area (Å²) in [5, 5.41) is 14.4. The Morgan fingerprint density at radius 1 is 1.16 bits per heavy atom. The quantitative estimate of drug-likeness (QED) is 0.257. The third-order valence-electron chi connectivity index (χ3n) is 6.68. The number of benzene rings is 2. The summed E-state index contributed by atoms with van der Waals surface area (Å²) in [6.45, 7) is 6.23. The van der Waals surface area contributed by atoms with E-state index in [1.54, 1.807) is 0 Å². The van der Waals surface area contributed by atoms with Crippen LogP contribution >= 0.6 is 0 Å². The number of ether oxygens (including phenoxy) is 1. The molecule has 2 aromatic rings. The van der Waals surface area contributed by atoms with Crippen molar-refractivity contribution in [1.82, 2.24) is 15.5 Å². The molecule has 1 fully saturated rings. The van der Waals surface area contributed by atoms with Crippen LogP contribution in [-0.2, 0) is 27.5 Å². The topological polar surface area (TPSA) is 138 Å². The predicted molar refractivity (Wildman–Crippen MR) is 139 cm³/mol. The first-order valence-corrected chi connectivity index (χ1v) is 12.7. The summed E-state index contributed by atoms with van der Waals surface area (Å²) in [5.41, 5.74) is 10.9. The second-order valence-corrected chi connectivity index (χ2v) is 9.53. The van der Waals surface area contributed by atoms with Crippen LogP contribution in [0.25, 0.3) is 0 Å². The highest BCUT2D eigenvalue weighted by molar-refractivity contribution is 6.00. The summed E-state index contributed by atoms with van der Waals surface area (Å²) >= 11 is 0. The molecule has 0 aliphatic carbocycles. The summed E-state index contributed by atoms with van der Waals surface area (Å²) < 4.78 is 5.68. The van der Waals surface area contributed by atoms with Crippen molar-refractivity contribution in [1.29, 1.82) is 0 Å². The zero-order valence-corrected chi connectivity index (χ0v) is 21.4. The number of nitrogens with one attached hydrogen (secondary N) is 2. The highest BCUT2D eigenvalue weighted by Gasteiger charge is 2.35. The number of nitrogens with two attached hydrogens (primary N) is 1. The first-order valence-electron chi connectivity index (χ1n) is 12.7. The SMILES string of the molecule is Cc1cc(OCC(=O)NCCCCN)cc(C)c1/N=N/c1cccc2c1CN(C1CCC(=O)NC1=O)C2. The van der Waals surface area contributed by atoms with Gasteiger partial charge >= 0.3 is 0 Å². The number of amides is 3. The van der Waals surface area contributed by atoms with Crippen molar-refractivity contribution in [3.05, 3.63) is 52.6 Å². The van der Waals surface area contributed by atoms with Crippen LogP contribution in [-0.4, -0.2) is 48.4 Å². The number of carbonyl (C=O) groups excluding carboxylic acids is 3. The molecule has 37 heavy (non-hydrogen) atoms. The molecule has 4 rings (SSSR count). The number of carbonyl (C=O) groups is 3. The fourth-order valence-electron chi connectivity index (χ4n) is 4.73. The average molecular weight is 507 g/mol. The number of aryl methyl sites for hydroxylation is 2. The molecule has 2 aromatic carbocycles. The van der Waals surface area contributed by atoms with E-state index in [1.165, 1.54) is 0 Å². The van der Waals surface area contributed by atoms with Gasteiger partial charge in [0.2, 0.25) is 11.8 Å². The molecule has 4 N–H and O–H groups in total. The molecule has 196 valence electrons. The maximum absolute atomic E-state index is 12.3. The van der Waals surface area contributed by atoms with Crippen LogP contribution < -0.4 is 21.1 Å². The van der Waals surface area contributed by atoms with Gasteiger partial charge < -0.3 is 15.8 Å². The molecule has 2 heterocycles. The fourth-order valence-corrected chi connectivity index (χ4v) is 4.73. The average Bonchev–Trinajstić information content (AvgIpc) is 3.29. The van der Waals surface area contributed by atoms with Crippen LogP contribution in [0, 0.1) is 13.8 Å². The maximum Gasteiger partial charge on any atom is 0.257 e. The van der Waals surface area contributed by atoms with Gasteiger partial charge in [0.15, 0.2) is 6.61 Å². The molecule has 2 aliphatic heterocycles. The van der Waals surface area contributed by atoms with Gasteiger partial charge in [0, 0.05) is 26.1 Å². The lowest BCUT2D eigenvalue weighted by atomic mass is 10.0. The summed E-state index contributed by atoms with van der Waals surface area (Å²) in [6, 6.07) is 9.28. The van der Waals surface area contributed by atoms with Gasteiger partial charge in [0.05, 0.1) is 17.4 Å². The van der Waals surface area contributed by atoms with Crippen LogP contribution in [0.5, 0.6) is 5.75 Å². The van der Waals surface area contributed by atoms with E-state index in [0.29, 0.717) is 44.8 Å². The number of unbranched alkanes of at least 4 members (excludes halogenated alkanes) is 1. The van der Waals surface area contributed by atoms with E-state index in [1.807, 2.05) is 44.2 Å². The van der Waals surface area contributed by atoms with Gasteiger partial charge in [0.25, 0.3) is 5.91 Å². The second kappa shape index (κ2) is 12.1. The van der Waals surface area contributed by atoms with Crippen LogP contribution in [0.3, 0.4) is 0 Å².